The summed E-state index contributed by atoms with van der Waals surface area (Å²) in [7, 11) is 0. The maximum Gasteiger partial charge on any atom is 0.0781 e. The molecule has 3 heteroatoms. The van der Waals surface area contributed by atoms with E-state index >= 15 is 0 Å². The molecule has 0 bridgehead atoms. The van der Waals surface area contributed by atoms with E-state index in [1.165, 1.54) is 19.3 Å². The van der Waals surface area contributed by atoms with Gasteiger partial charge in [-0.3, -0.25) is 0 Å². The molecule has 18 heavy (non-hydrogen) atoms. The quantitative estimate of drug-likeness (QED) is 0.814. The van der Waals surface area contributed by atoms with Crippen LogP contribution >= 0.6 is 0 Å². The van der Waals surface area contributed by atoms with E-state index in [2.05, 4.69) is 11.0 Å². The van der Waals surface area contributed by atoms with Crippen LogP contribution < -0.4 is 4.90 Å². The summed E-state index contributed by atoms with van der Waals surface area (Å²) in [6.45, 7) is 2.90. The Labute approximate surface area is 109 Å². The fourth-order valence-corrected chi connectivity index (χ4v) is 2.54. The first-order valence-electron chi connectivity index (χ1n) is 6.88. The topological polar surface area (TPSA) is 43.7 Å². The molecule has 0 amide bonds. The van der Waals surface area contributed by atoms with Crippen LogP contribution in [-0.4, -0.2) is 29.4 Å². The molecule has 3 nitrogen and oxygen atoms in total. The zero-order chi connectivity index (χ0) is 13.0. The summed E-state index contributed by atoms with van der Waals surface area (Å²) in [5.41, 5.74) is 2.12. The minimum atomic E-state index is -0.446. The molecule has 1 saturated carbocycles. The number of hydrogen-bond donors (Lipinski definition) is 2. The normalized spacial score (nSPS) is 17.3. The average molecular weight is 249 g/mol. The smallest absolute Gasteiger partial charge is 0.0781 e. The first kappa shape index (κ1) is 13.4. The van der Waals surface area contributed by atoms with Crippen LogP contribution in [-0.2, 0) is 0 Å². The maximum atomic E-state index is 9.88. The molecule has 0 radical (unpaired) electrons. The van der Waals surface area contributed by atoms with E-state index in [1.54, 1.807) is 0 Å². The van der Waals surface area contributed by atoms with Crippen LogP contribution in [0.15, 0.2) is 24.3 Å². The third-order valence-electron chi connectivity index (χ3n) is 3.77. The van der Waals surface area contributed by atoms with Gasteiger partial charge in [0, 0.05) is 30.4 Å². The SMILES string of the molecule is C[C@H](O)c1ccccc1N(CCCO)C1CCC1. The second-order valence-corrected chi connectivity index (χ2v) is 5.09. The summed E-state index contributed by atoms with van der Waals surface area (Å²) < 4.78 is 0. The van der Waals surface area contributed by atoms with Crippen molar-refractivity contribution < 1.29 is 10.2 Å². The van der Waals surface area contributed by atoms with Crippen molar-refractivity contribution in [2.75, 3.05) is 18.1 Å². The Kier molecular flexibility index (Phi) is 4.61. The lowest BCUT2D eigenvalue weighted by Gasteiger charge is -2.40. The number of hydrogen-bond acceptors (Lipinski definition) is 3. The Morgan fingerprint density at radius 1 is 1.33 bits per heavy atom. The molecule has 100 valence electrons. The van der Waals surface area contributed by atoms with E-state index in [0.717, 1.165) is 24.2 Å². The van der Waals surface area contributed by atoms with Gasteiger partial charge in [-0.25, -0.2) is 0 Å². The summed E-state index contributed by atoms with van der Waals surface area (Å²) in [6, 6.07) is 8.64. The van der Waals surface area contributed by atoms with E-state index in [0.29, 0.717) is 6.04 Å². The molecule has 1 aliphatic rings. The minimum Gasteiger partial charge on any atom is -0.396 e. The Balaban J connectivity index is 2.23. The second kappa shape index (κ2) is 6.21. The lowest BCUT2D eigenvalue weighted by molar-refractivity contribution is 0.199. The van der Waals surface area contributed by atoms with Crippen LogP contribution in [0.25, 0.3) is 0 Å². The Bertz CT molecular complexity index is 375. The molecule has 1 aromatic carbocycles. The van der Waals surface area contributed by atoms with Crippen LogP contribution in [0.1, 0.15) is 44.3 Å². The molecular weight excluding hydrogens is 226 g/mol. The van der Waals surface area contributed by atoms with Gasteiger partial charge < -0.3 is 15.1 Å². The Morgan fingerprint density at radius 2 is 2.06 bits per heavy atom. The largest absolute Gasteiger partial charge is 0.396 e. The van der Waals surface area contributed by atoms with E-state index in [4.69, 9.17) is 5.11 Å². The molecule has 0 unspecified atom stereocenters. The molecule has 0 spiro atoms. The van der Waals surface area contributed by atoms with Gasteiger partial charge in [0.2, 0.25) is 0 Å². The molecular formula is C15H23NO2. The number of para-hydroxylation sites is 1. The van der Waals surface area contributed by atoms with Gasteiger partial charge >= 0.3 is 0 Å². The van der Waals surface area contributed by atoms with Gasteiger partial charge in [0.15, 0.2) is 0 Å². The Morgan fingerprint density at radius 3 is 2.61 bits per heavy atom. The summed E-state index contributed by atoms with van der Waals surface area (Å²) in [4.78, 5) is 2.36. The van der Waals surface area contributed by atoms with Gasteiger partial charge in [-0.15, -0.1) is 0 Å². The number of aliphatic hydroxyl groups is 2. The highest BCUT2D eigenvalue weighted by Crippen LogP contribution is 2.33. The van der Waals surface area contributed by atoms with E-state index in [-0.39, 0.29) is 6.61 Å². The number of aliphatic hydroxyl groups excluding tert-OH is 2. The standard InChI is InChI=1S/C15H23NO2/c1-12(18)14-8-2-3-9-15(14)16(10-5-11-17)13-6-4-7-13/h2-3,8-9,12-13,17-18H,4-7,10-11H2,1H3/t12-/m0/s1. The van der Waals surface area contributed by atoms with Crippen LogP contribution in [0.2, 0.25) is 0 Å². The average Bonchev–Trinajstić information content (AvgIpc) is 2.32. The third kappa shape index (κ3) is 2.85. The third-order valence-corrected chi connectivity index (χ3v) is 3.77. The lowest BCUT2D eigenvalue weighted by atomic mass is 9.90. The summed E-state index contributed by atoms with van der Waals surface area (Å²) in [5, 5.41) is 18.9. The molecule has 2 N–H and O–H groups in total. The molecule has 1 aliphatic carbocycles. The number of benzene rings is 1. The summed E-state index contributed by atoms with van der Waals surface area (Å²) >= 11 is 0. The molecule has 0 heterocycles. The van der Waals surface area contributed by atoms with Crippen molar-refractivity contribution in [2.24, 2.45) is 0 Å². The van der Waals surface area contributed by atoms with Gasteiger partial charge in [-0.05, 0) is 38.7 Å². The lowest BCUT2D eigenvalue weighted by Crippen LogP contribution is -2.41. The van der Waals surface area contributed by atoms with Crippen molar-refractivity contribution in [2.45, 2.75) is 44.8 Å². The van der Waals surface area contributed by atoms with Crippen LogP contribution in [0.4, 0.5) is 5.69 Å². The zero-order valence-electron chi connectivity index (χ0n) is 11.0. The molecule has 1 aromatic rings. The number of rotatable bonds is 6. The summed E-state index contributed by atoms with van der Waals surface area (Å²) in [5.74, 6) is 0. The van der Waals surface area contributed by atoms with Crippen molar-refractivity contribution in [1.29, 1.82) is 0 Å². The Hall–Kier alpha value is -1.06. The van der Waals surface area contributed by atoms with Crippen molar-refractivity contribution in [3.63, 3.8) is 0 Å². The molecule has 2 rings (SSSR count). The maximum absolute atomic E-state index is 9.88. The second-order valence-electron chi connectivity index (χ2n) is 5.09. The minimum absolute atomic E-state index is 0.222. The van der Waals surface area contributed by atoms with Crippen LogP contribution in [0.3, 0.4) is 0 Å². The zero-order valence-corrected chi connectivity index (χ0v) is 11.0. The highest BCUT2D eigenvalue weighted by molar-refractivity contribution is 5.55. The van der Waals surface area contributed by atoms with Gasteiger partial charge in [-0.1, -0.05) is 18.2 Å². The fourth-order valence-electron chi connectivity index (χ4n) is 2.54. The van der Waals surface area contributed by atoms with Crippen molar-refractivity contribution in [3.05, 3.63) is 29.8 Å². The van der Waals surface area contributed by atoms with Crippen LogP contribution in [0, 0.1) is 0 Å². The number of anilines is 1. The van der Waals surface area contributed by atoms with Crippen molar-refractivity contribution >= 4 is 5.69 Å². The molecule has 0 aliphatic heterocycles. The van der Waals surface area contributed by atoms with E-state index < -0.39 is 6.10 Å². The van der Waals surface area contributed by atoms with Gasteiger partial charge in [0.25, 0.3) is 0 Å². The predicted octanol–water partition coefficient (Wildman–Crippen LogP) is 2.48. The first-order valence-corrected chi connectivity index (χ1v) is 6.88. The fraction of sp³-hybridized carbons (Fsp3) is 0.600. The molecule has 0 aromatic heterocycles. The summed E-state index contributed by atoms with van der Waals surface area (Å²) in [6.07, 6.45) is 4.07. The first-order chi connectivity index (χ1) is 8.74. The highest BCUT2D eigenvalue weighted by Gasteiger charge is 2.26. The van der Waals surface area contributed by atoms with E-state index in [1.807, 2.05) is 25.1 Å². The monoisotopic (exact) mass is 249 g/mol. The van der Waals surface area contributed by atoms with Crippen LogP contribution in [0.5, 0.6) is 0 Å². The van der Waals surface area contributed by atoms with Gasteiger partial charge in [-0.2, -0.15) is 0 Å². The van der Waals surface area contributed by atoms with Gasteiger partial charge in [0.05, 0.1) is 6.10 Å². The highest BCUT2D eigenvalue weighted by atomic mass is 16.3. The molecule has 1 fully saturated rings. The van der Waals surface area contributed by atoms with E-state index in [9.17, 15) is 5.11 Å². The van der Waals surface area contributed by atoms with Gasteiger partial charge in [0.1, 0.15) is 0 Å². The number of nitrogens with zero attached hydrogens (tertiary/aromatic N) is 1. The molecule has 1 atom stereocenters. The predicted molar refractivity (Wildman–Crippen MR) is 73.8 cm³/mol. The molecule has 0 saturated heterocycles. The van der Waals surface area contributed by atoms with Crippen molar-refractivity contribution in [3.8, 4) is 0 Å². The van der Waals surface area contributed by atoms with Crippen molar-refractivity contribution in [1.82, 2.24) is 0 Å².